The number of carbonyl (C=O) groups excluding carboxylic acids is 1. The smallest absolute Gasteiger partial charge is 0.223 e. The number of ether oxygens (including phenoxy) is 3. The Morgan fingerprint density at radius 1 is 1.10 bits per heavy atom. The lowest BCUT2D eigenvalue weighted by Crippen LogP contribution is -2.31. The summed E-state index contributed by atoms with van der Waals surface area (Å²) in [5, 5.41) is 16.7. The third kappa shape index (κ3) is 7.26. The van der Waals surface area contributed by atoms with Crippen molar-refractivity contribution in [3.8, 4) is 11.5 Å². The molecule has 224 valence electrons. The van der Waals surface area contributed by atoms with Gasteiger partial charge in [0.25, 0.3) is 0 Å². The van der Waals surface area contributed by atoms with Crippen LogP contribution in [0, 0.1) is 11.6 Å². The lowest BCUT2D eigenvalue weighted by molar-refractivity contribution is -0.117. The van der Waals surface area contributed by atoms with Gasteiger partial charge in [-0.3, -0.25) is 19.7 Å². The Labute approximate surface area is 241 Å². The number of aliphatic hydroxyl groups excluding tert-OH is 1. The van der Waals surface area contributed by atoms with E-state index in [1.165, 1.54) is 29.4 Å². The zero-order valence-electron chi connectivity index (χ0n) is 23.3. The van der Waals surface area contributed by atoms with Crippen LogP contribution in [0.15, 0.2) is 42.7 Å². The number of nitrogens with zero attached hydrogens (tertiary/aromatic N) is 5. The number of anilines is 3. The van der Waals surface area contributed by atoms with Gasteiger partial charge in [-0.25, -0.2) is 18.7 Å². The molecule has 2 heterocycles. The Hall–Kier alpha value is -4.40. The molecule has 0 spiro atoms. The summed E-state index contributed by atoms with van der Waals surface area (Å²) in [6, 6.07) is 8.58. The zero-order chi connectivity index (χ0) is 30.1. The Morgan fingerprint density at radius 3 is 2.67 bits per heavy atom. The maximum Gasteiger partial charge on any atom is 0.223 e. The molecule has 4 rings (SSSR count). The van der Waals surface area contributed by atoms with Crippen molar-refractivity contribution in [3.05, 3.63) is 60.1 Å². The Balaban J connectivity index is 1.87. The van der Waals surface area contributed by atoms with E-state index in [0.717, 1.165) is 6.07 Å². The van der Waals surface area contributed by atoms with Gasteiger partial charge < -0.3 is 25.1 Å². The molecule has 2 aromatic carbocycles. The van der Waals surface area contributed by atoms with Crippen molar-refractivity contribution >= 4 is 34.1 Å². The minimum atomic E-state index is -1.13. The number of methoxy groups -OCH3 is 1. The number of primary amides is 1. The molecule has 0 bridgehead atoms. The highest BCUT2D eigenvalue weighted by Crippen LogP contribution is 2.42. The molecule has 0 aliphatic rings. The predicted molar refractivity (Wildman–Crippen MR) is 151 cm³/mol. The van der Waals surface area contributed by atoms with Crippen LogP contribution in [0.1, 0.15) is 12.6 Å². The third-order valence-corrected chi connectivity index (χ3v) is 6.34. The van der Waals surface area contributed by atoms with E-state index in [4.69, 9.17) is 19.9 Å². The lowest BCUT2D eigenvalue weighted by Gasteiger charge is -2.25. The molecular weight excluding hydrogens is 552 g/mol. The normalized spacial score (nSPS) is 11.3. The molecule has 0 fully saturated rings. The number of likely N-dealkylation sites (N-methyl/N-ethyl adjacent to an activating group) is 1. The summed E-state index contributed by atoms with van der Waals surface area (Å²) in [6.45, 7) is 4.54. The Kier molecular flexibility index (Phi) is 10.5. The van der Waals surface area contributed by atoms with E-state index in [1.54, 1.807) is 19.2 Å². The van der Waals surface area contributed by atoms with E-state index < -0.39 is 17.5 Å². The summed E-state index contributed by atoms with van der Waals surface area (Å²) in [5.41, 5.74) is 5.93. The first-order valence-corrected chi connectivity index (χ1v) is 13.3. The molecule has 14 heteroatoms. The second-order valence-corrected chi connectivity index (χ2v) is 9.16. The van der Waals surface area contributed by atoms with Gasteiger partial charge in [-0.15, -0.1) is 0 Å². The van der Waals surface area contributed by atoms with Crippen LogP contribution in [-0.4, -0.2) is 89.3 Å². The molecular formula is C28H33F2N7O5. The highest BCUT2D eigenvalue weighted by atomic mass is 19.2. The van der Waals surface area contributed by atoms with Crippen LogP contribution in [-0.2, 0) is 16.0 Å². The number of nitrogens with one attached hydrogen (secondary N) is 1. The van der Waals surface area contributed by atoms with Crippen molar-refractivity contribution in [2.24, 2.45) is 5.73 Å². The van der Waals surface area contributed by atoms with Gasteiger partial charge in [0.2, 0.25) is 5.91 Å². The highest BCUT2D eigenvalue weighted by molar-refractivity contribution is 5.99. The molecule has 4 N–H and O–H groups in total. The van der Waals surface area contributed by atoms with Crippen LogP contribution >= 0.6 is 0 Å². The van der Waals surface area contributed by atoms with E-state index in [0.29, 0.717) is 54.3 Å². The topological polar surface area (TPSA) is 152 Å². The minimum Gasteiger partial charge on any atom is -0.491 e. The molecule has 0 unspecified atom stereocenters. The molecule has 0 saturated heterocycles. The van der Waals surface area contributed by atoms with Gasteiger partial charge in [0.15, 0.2) is 23.3 Å². The Bertz CT molecular complexity index is 1500. The summed E-state index contributed by atoms with van der Waals surface area (Å²) in [6.07, 6.45) is 1.14. The first kappa shape index (κ1) is 30.6. The molecule has 0 atom stereocenters. The first-order valence-electron chi connectivity index (χ1n) is 13.3. The SMILES string of the molecule is CCN(CCO)CCOc1cc(OCCOC)cc2ncnc(N(c3cc(CC(N)=O)[nH]n3)c3cccc(F)c3F)c12. The van der Waals surface area contributed by atoms with Crippen LogP contribution in [0.5, 0.6) is 11.5 Å². The summed E-state index contributed by atoms with van der Waals surface area (Å²) >= 11 is 0. The molecule has 1 amide bonds. The number of hydrogen-bond acceptors (Lipinski definition) is 10. The molecule has 0 radical (unpaired) electrons. The van der Waals surface area contributed by atoms with E-state index in [1.807, 2.05) is 11.8 Å². The number of hydrogen-bond donors (Lipinski definition) is 3. The van der Waals surface area contributed by atoms with Gasteiger partial charge >= 0.3 is 0 Å². The lowest BCUT2D eigenvalue weighted by atomic mass is 10.1. The number of H-pyrrole nitrogens is 1. The van der Waals surface area contributed by atoms with Crippen molar-refractivity contribution in [1.82, 2.24) is 25.1 Å². The zero-order valence-corrected chi connectivity index (χ0v) is 23.3. The second kappa shape index (κ2) is 14.5. The summed E-state index contributed by atoms with van der Waals surface area (Å²) in [7, 11) is 1.56. The highest BCUT2D eigenvalue weighted by Gasteiger charge is 2.26. The molecule has 0 saturated carbocycles. The number of rotatable bonds is 16. The molecule has 2 aromatic heterocycles. The van der Waals surface area contributed by atoms with Crippen molar-refractivity contribution in [3.63, 3.8) is 0 Å². The van der Waals surface area contributed by atoms with Crippen molar-refractivity contribution in [2.45, 2.75) is 13.3 Å². The van der Waals surface area contributed by atoms with Gasteiger partial charge in [0.1, 0.15) is 31.0 Å². The van der Waals surface area contributed by atoms with Crippen molar-refractivity contribution in [1.29, 1.82) is 0 Å². The van der Waals surface area contributed by atoms with Gasteiger partial charge in [0.05, 0.1) is 36.2 Å². The van der Waals surface area contributed by atoms with Crippen LogP contribution in [0.2, 0.25) is 0 Å². The summed E-state index contributed by atoms with van der Waals surface area (Å²) in [4.78, 5) is 23.7. The third-order valence-electron chi connectivity index (χ3n) is 6.34. The molecule has 12 nitrogen and oxygen atoms in total. The summed E-state index contributed by atoms with van der Waals surface area (Å²) < 4.78 is 46.9. The number of aliphatic hydroxyl groups is 1. The average molecular weight is 586 g/mol. The van der Waals surface area contributed by atoms with Crippen LogP contribution in [0.3, 0.4) is 0 Å². The largest absolute Gasteiger partial charge is 0.491 e. The van der Waals surface area contributed by atoms with Gasteiger partial charge in [-0.2, -0.15) is 5.10 Å². The Morgan fingerprint density at radius 2 is 1.93 bits per heavy atom. The second-order valence-electron chi connectivity index (χ2n) is 9.16. The van der Waals surface area contributed by atoms with Crippen molar-refractivity contribution < 1.29 is 32.9 Å². The average Bonchev–Trinajstić information content (AvgIpc) is 3.42. The van der Waals surface area contributed by atoms with Gasteiger partial charge in [-0.1, -0.05) is 13.0 Å². The maximum absolute atomic E-state index is 15.3. The number of benzene rings is 2. The van der Waals surface area contributed by atoms with Crippen LogP contribution in [0.25, 0.3) is 10.9 Å². The van der Waals surface area contributed by atoms with Crippen LogP contribution < -0.4 is 20.1 Å². The first-order chi connectivity index (χ1) is 20.4. The fraction of sp³-hybridized carbons (Fsp3) is 0.357. The standard InChI is InChI=1S/C28H33F2N7O5/c1-3-36(7-9-38)8-10-42-23-16-19(41-12-11-40-2)15-21-26(23)28(33-17-32-21)37(22-6-4-5-20(29)27(22)30)25-14-18(34-35-25)13-24(31)39/h4-6,14-17,38H,3,7-13H2,1-2H3,(H2,31,39)(H,34,35). The fourth-order valence-corrected chi connectivity index (χ4v) is 4.33. The van der Waals surface area contributed by atoms with E-state index in [2.05, 4.69) is 20.2 Å². The number of aromatic nitrogens is 4. The van der Waals surface area contributed by atoms with E-state index in [-0.39, 0.29) is 43.6 Å². The maximum atomic E-state index is 15.3. The van der Waals surface area contributed by atoms with Crippen molar-refractivity contribution in [2.75, 3.05) is 58.1 Å². The molecule has 4 aromatic rings. The van der Waals surface area contributed by atoms with Gasteiger partial charge in [-0.05, 0) is 18.7 Å². The molecule has 0 aliphatic carbocycles. The van der Waals surface area contributed by atoms with E-state index in [9.17, 15) is 14.3 Å². The van der Waals surface area contributed by atoms with Gasteiger partial charge in [0, 0.05) is 44.1 Å². The quantitative estimate of drug-likeness (QED) is 0.167. The predicted octanol–water partition coefficient (Wildman–Crippen LogP) is 2.85. The minimum absolute atomic E-state index is 0.00709. The fourth-order valence-electron chi connectivity index (χ4n) is 4.33. The summed E-state index contributed by atoms with van der Waals surface area (Å²) in [5.74, 6) is -1.75. The molecule has 42 heavy (non-hydrogen) atoms. The molecule has 0 aliphatic heterocycles. The number of fused-ring (bicyclic) bond motifs is 1. The number of carbonyl (C=O) groups is 1. The monoisotopic (exact) mass is 585 g/mol. The van der Waals surface area contributed by atoms with Crippen LogP contribution in [0.4, 0.5) is 26.1 Å². The number of nitrogens with two attached hydrogens (primary N) is 1. The number of halogens is 2. The number of aromatic amines is 1. The van der Waals surface area contributed by atoms with E-state index >= 15 is 4.39 Å². The number of amides is 1.